The predicted octanol–water partition coefficient (Wildman–Crippen LogP) is 2.69. The number of nitrogens with one attached hydrogen (secondary N) is 2. The van der Waals surface area contributed by atoms with Crippen LogP contribution in [0, 0.1) is 5.92 Å². The summed E-state index contributed by atoms with van der Waals surface area (Å²) in [6, 6.07) is 3.70. The molecule has 1 heterocycles. The van der Waals surface area contributed by atoms with Gasteiger partial charge in [0.05, 0.1) is 17.6 Å². The Bertz CT molecular complexity index is 1020. The Morgan fingerprint density at radius 1 is 1.18 bits per heavy atom. The first-order chi connectivity index (χ1) is 15.8. The second-order valence-corrected chi connectivity index (χ2v) is 9.56. The van der Waals surface area contributed by atoms with Crippen LogP contribution in [-0.2, 0) is 32.5 Å². The molecule has 4 N–H and O–H groups in total. The number of amides is 2. The molecule has 0 unspecified atom stereocenters. The highest BCUT2D eigenvalue weighted by atomic mass is 16.6. The smallest absolute Gasteiger partial charge is 0.408 e. The number of hydrogen-bond acceptors (Lipinski definition) is 7. The van der Waals surface area contributed by atoms with Crippen LogP contribution in [0.1, 0.15) is 53.8 Å². The second-order valence-electron chi connectivity index (χ2n) is 9.56. The number of nitrogen functional groups attached to an aromatic ring is 1. The van der Waals surface area contributed by atoms with Gasteiger partial charge in [0, 0.05) is 19.2 Å². The molecule has 2 rings (SSSR count). The highest BCUT2D eigenvalue weighted by molar-refractivity contribution is 5.90. The summed E-state index contributed by atoms with van der Waals surface area (Å²) < 4.78 is 12.4. The Kier molecular flexibility index (Phi) is 8.89. The van der Waals surface area contributed by atoms with Crippen molar-refractivity contribution in [2.75, 3.05) is 12.3 Å². The minimum Gasteiger partial charge on any atom is -0.464 e. The van der Waals surface area contributed by atoms with Crippen LogP contribution in [0.5, 0.6) is 0 Å². The molecule has 2 aromatic rings. The molecule has 10 heteroatoms. The number of hydrogen-bond donors (Lipinski definition) is 3. The molecule has 0 aliphatic heterocycles. The lowest BCUT2D eigenvalue weighted by Gasteiger charge is -2.26. The normalized spacial score (nSPS) is 13.4. The minimum atomic E-state index is -0.904. The van der Waals surface area contributed by atoms with Gasteiger partial charge in [0.1, 0.15) is 23.5 Å². The van der Waals surface area contributed by atoms with Gasteiger partial charge in [-0.2, -0.15) is 0 Å². The standard InChI is InChI=1S/C24H37N5O5/c1-8-33-22(31)16(10-12-19-26-17-13-15(25)9-11-18(17)29(19)7)27-21(30)20(14(2)3)28-23(32)34-24(4,5)6/h9,11,13-14,16,20H,8,10,12,25H2,1-7H3,(H,27,30)(H,28,32)/t16-,20-/m0/s1. The fourth-order valence-electron chi connectivity index (χ4n) is 3.49. The van der Waals surface area contributed by atoms with Crippen molar-refractivity contribution in [3.8, 4) is 0 Å². The fourth-order valence-corrected chi connectivity index (χ4v) is 3.49. The molecule has 0 saturated heterocycles. The monoisotopic (exact) mass is 475 g/mol. The van der Waals surface area contributed by atoms with E-state index in [1.165, 1.54) is 0 Å². The predicted molar refractivity (Wildman–Crippen MR) is 130 cm³/mol. The van der Waals surface area contributed by atoms with Gasteiger partial charge in [0.2, 0.25) is 5.91 Å². The number of benzene rings is 1. The molecule has 188 valence electrons. The van der Waals surface area contributed by atoms with Crippen LogP contribution in [0.4, 0.5) is 10.5 Å². The Morgan fingerprint density at radius 2 is 1.85 bits per heavy atom. The number of nitrogens with zero attached hydrogens (tertiary/aromatic N) is 2. The maximum Gasteiger partial charge on any atom is 0.408 e. The van der Waals surface area contributed by atoms with Crippen molar-refractivity contribution in [2.45, 2.75) is 72.1 Å². The molecule has 0 aliphatic rings. The largest absolute Gasteiger partial charge is 0.464 e. The van der Waals surface area contributed by atoms with Crippen LogP contribution >= 0.6 is 0 Å². The van der Waals surface area contributed by atoms with E-state index in [2.05, 4.69) is 15.6 Å². The number of anilines is 1. The molecule has 0 saturated carbocycles. The van der Waals surface area contributed by atoms with E-state index in [4.69, 9.17) is 15.2 Å². The summed E-state index contributed by atoms with van der Waals surface area (Å²) in [6.07, 6.45) is -0.0113. The molecule has 0 radical (unpaired) electrons. The molecular formula is C24H37N5O5. The van der Waals surface area contributed by atoms with Crippen molar-refractivity contribution >= 4 is 34.7 Å². The van der Waals surface area contributed by atoms with E-state index < -0.39 is 35.7 Å². The Balaban J connectivity index is 2.15. The van der Waals surface area contributed by atoms with E-state index in [0.29, 0.717) is 12.1 Å². The third kappa shape index (κ3) is 7.36. The summed E-state index contributed by atoms with van der Waals surface area (Å²) in [6.45, 7) is 10.7. The number of rotatable bonds is 9. The number of aromatic nitrogens is 2. The van der Waals surface area contributed by atoms with Crippen LogP contribution in [0.25, 0.3) is 11.0 Å². The zero-order valence-corrected chi connectivity index (χ0v) is 21.1. The van der Waals surface area contributed by atoms with E-state index in [0.717, 1.165) is 16.9 Å². The van der Waals surface area contributed by atoms with Gasteiger partial charge in [-0.15, -0.1) is 0 Å². The zero-order chi connectivity index (χ0) is 25.6. The van der Waals surface area contributed by atoms with Gasteiger partial charge in [0.15, 0.2) is 0 Å². The fraction of sp³-hybridized carbons (Fsp3) is 0.583. The second kappa shape index (κ2) is 11.2. The molecule has 0 aliphatic carbocycles. The Hall–Kier alpha value is -3.30. The van der Waals surface area contributed by atoms with Crippen LogP contribution in [0.3, 0.4) is 0 Å². The average Bonchev–Trinajstić information content (AvgIpc) is 3.02. The highest BCUT2D eigenvalue weighted by Crippen LogP contribution is 2.19. The number of esters is 1. The third-order valence-corrected chi connectivity index (χ3v) is 5.16. The summed E-state index contributed by atoms with van der Waals surface area (Å²) in [5.74, 6) is -0.521. The summed E-state index contributed by atoms with van der Waals surface area (Å²) in [7, 11) is 1.89. The van der Waals surface area contributed by atoms with Crippen molar-refractivity contribution < 1.29 is 23.9 Å². The van der Waals surface area contributed by atoms with E-state index in [9.17, 15) is 14.4 Å². The molecule has 2 atom stereocenters. The lowest BCUT2D eigenvalue weighted by molar-refractivity contribution is -0.147. The molecule has 1 aromatic heterocycles. The number of aryl methyl sites for hydroxylation is 2. The summed E-state index contributed by atoms with van der Waals surface area (Å²) in [5, 5.41) is 5.34. The average molecular weight is 476 g/mol. The van der Waals surface area contributed by atoms with Gasteiger partial charge in [-0.3, -0.25) is 4.79 Å². The summed E-state index contributed by atoms with van der Waals surface area (Å²) in [5.41, 5.74) is 7.45. The van der Waals surface area contributed by atoms with Crippen molar-refractivity contribution in [3.63, 3.8) is 0 Å². The van der Waals surface area contributed by atoms with E-state index in [-0.39, 0.29) is 18.9 Å². The number of alkyl carbamates (subject to hydrolysis) is 1. The molecule has 2 amide bonds. The van der Waals surface area contributed by atoms with Crippen molar-refractivity contribution in [1.82, 2.24) is 20.2 Å². The van der Waals surface area contributed by atoms with Crippen molar-refractivity contribution in [3.05, 3.63) is 24.0 Å². The molecule has 1 aromatic carbocycles. The first kappa shape index (κ1) is 26.9. The van der Waals surface area contributed by atoms with E-state index >= 15 is 0 Å². The van der Waals surface area contributed by atoms with Gasteiger partial charge in [0.25, 0.3) is 0 Å². The first-order valence-electron chi connectivity index (χ1n) is 11.5. The minimum absolute atomic E-state index is 0.181. The number of ether oxygens (including phenoxy) is 2. The number of fused-ring (bicyclic) bond motifs is 1. The van der Waals surface area contributed by atoms with E-state index in [1.54, 1.807) is 53.7 Å². The number of carbonyl (C=O) groups excluding carboxylic acids is 3. The van der Waals surface area contributed by atoms with Gasteiger partial charge in [-0.25, -0.2) is 14.6 Å². The van der Waals surface area contributed by atoms with Crippen LogP contribution in [0.15, 0.2) is 18.2 Å². The SMILES string of the molecule is CCOC(=O)[C@H](CCc1nc2cc(N)ccc2n1C)NC(=O)[C@@H](NC(=O)OC(C)(C)C)C(C)C. The topological polar surface area (TPSA) is 138 Å². The summed E-state index contributed by atoms with van der Waals surface area (Å²) in [4.78, 5) is 42.5. The first-order valence-corrected chi connectivity index (χ1v) is 11.5. The van der Waals surface area contributed by atoms with E-state index in [1.807, 2.05) is 17.7 Å². The van der Waals surface area contributed by atoms with Gasteiger partial charge in [-0.05, 0) is 58.2 Å². The van der Waals surface area contributed by atoms with Gasteiger partial charge < -0.3 is 30.4 Å². The lowest BCUT2D eigenvalue weighted by atomic mass is 10.0. The third-order valence-electron chi connectivity index (χ3n) is 5.16. The number of nitrogens with two attached hydrogens (primary N) is 1. The maximum absolute atomic E-state index is 13.0. The van der Waals surface area contributed by atoms with Crippen molar-refractivity contribution in [1.29, 1.82) is 0 Å². The highest BCUT2D eigenvalue weighted by Gasteiger charge is 2.31. The lowest BCUT2D eigenvalue weighted by Crippen LogP contribution is -2.54. The number of carbonyl (C=O) groups is 3. The van der Waals surface area contributed by atoms with Crippen LogP contribution in [0.2, 0.25) is 0 Å². The Morgan fingerprint density at radius 3 is 2.44 bits per heavy atom. The van der Waals surface area contributed by atoms with Crippen molar-refractivity contribution in [2.24, 2.45) is 13.0 Å². The zero-order valence-electron chi connectivity index (χ0n) is 21.1. The van der Waals surface area contributed by atoms with Crippen LogP contribution < -0.4 is 16.4 Å². The molecule has 34 heavy (non-hydrogen) atoms. The van der Waals surface area contributed by atoms with Crippen LogP contribution in [-0.4, -0.2) is 51.8 Å². The summed E-state index contributed by atoms with van der Waals surface area (Å²) >= 11 is 0. The number of imidazole rings is 1. The molecule has 10 nitrogen and oxygen atoms in total. The molecule has 0 fully saturated rings. The van der Waals surface area contributed by atoms with Gasteiger partial charge in [-0.1, -0.05) is 13.8 Å². The quantitative estimate of drug-likeness (QED) is 0.374. The maximum atomic E-state index is 13.0. The van der Waals surface area contributed by atoms with Gasteiger partial charge >= 0.3 is 12.1 Å². The molecular weight excluding hydrogens is 438 g/mol. The molecule has 0 bridgehead atoms. The Labute approximate surface area is 200 Å². The molecule has 0 spiro atoms.